The molecule has 0 radical (unpaired) electrons. The first kappa shape index (κ1) is 112. The Bertz CT molecular complexity index is 6620. The molecule has 150 heavy (non-hydrogen) atoms. The molecule has 11 aromatic rings. The maximum Gasteiger partial charge on any atom is 0.270 e. The molecular weight excluding hydrogens is 1900 g/mol. The van der Waals surface area contributed by atoms with E-state index in [9.17, 15) is 10.5 Å². The Labute approximate surface area is 899 Å². The summed E-state index contributed by atoms with van der Waals surface area (Å²) >= 11 is 3.49. The normalized spacial score (nSPS) is 14.7. The van der Waals surface area contributed by atoms with Crippen molar-refractivity contribution in [2.75, 3.05) is 26.4 Å². The van der Waals surface area contributed by atoms with Gasteiger partial charge in [0.15, 0.2) is 34.8 Å². The highest BCUT2D eigenvalue weighted by atomic mass is 32.1. The molecule has 2 heterocycles. The number of ether oxygens (including phenoxy) is 4. The zero-order chi connectivity index (χ0) is 105. The SMILES string of the molecule is [C-]#[N+]/C(C#N)=C1\C(=C\c2cc(OCCCCCCCC)c(-c3cc4c(s3)-c3cc5c(cc3C4(c3ccc(CCCCCC)cc3)c3ccc(CCCCCC)cc3)-c3sc(-c4cc(OCCCCCCCC)c(CC6C(=O)c7cc(F)c(F)cc7/C6=C(/C#N)[N+]#[C-])cc4OCCCCCCCC)cc3C5(c3ccc(CCCCCC)cc3)c3ccc(CCCCCC)cc3)cc2OCCCCCCCC)C(=O)c2cc(F)c(F)cc21. The second kappa shape index (κ2) is 55.2. The molecule has 0 saturated heterocycles. The number of rotatable bonds is 61. The molecule has 2 aromatic heterocycles. The first-order chi connectivity index (χ1) is 73.4. The summed E-state index contributed by atoms with van der Waals surface area (Å²) in [6.07, 6.45) is 47.5. The maximum atomic E-state index is 15.7. The van der Waals surface area contributed by atoms with Crippen molar-refractivity contribution >= 4 is 51.5 Å². The fourth-order valence-corrected chi connectivity index (χ4v) is 25.7. The molecule has 4 aliphatic carbocycles. The van der Waals surface area contributed by atoms with Crippen molar-refractivity contribution in [2.45, 2.75) is 355 Å². The van der Waals surface area contributed by atoms with E-state index < -0.39 is 57.3 Å². The van der Waals surface area contributed by atoms with Crippen LogP contribution >= 0.6 is 22.7 Å². The molecule has 10 nitrogen and oxygen atoms in total. The van der Waals surface area contributed by atoms with Crippen LogP contribution in [0.15, 0.2) is 187 Å². The number of carbonyl (C=O) groups is 2. The van der Waals surface area contributed by atoms with Gasteiger partial charge in [-0.05, 0) is 262 Å². The summed E-state index contributed by atoms with van der Waals surface area (Å²) in [6.45, 7) is 36.0. The van der Waals surface area contributed by atoms with Crippen molar-refractivity contribution in [1.82, 2.24) is 0 Å². The first-order valence-corrected chi connectivity index (χ1v) is 58.6. The highest BCUT2D eigenvalue weighted by Crippen LogP contribution is 2.67. The van der Waals surface area contributed by atoms with Crippen LogP contribution in [-0.2, 0) is 42.9 Å². The fourth-order valence-electron chi connectivity index (χ4n) is 23.1. The van der Waals surface area contributed by atoms with Gasteiger partial charge in [-0.25, -0.2) is 37.8 Å². The van der Waals surface area contributed by atoms with E-state index in [0.717, 1.165) is 393 Å². The van der Waals surface area contributed by atoms with E-state index >= 15 is 27.2 Å². The van der Waals surface area contributed by atoms with Gasteiger partial charge in [0.1, 0.15) is 23.0 Å². The number of carbonyl (C=O) groups excluding carboxylic acids is 2. The molecule has 4 aliphatic rings. The lowest BCUT2D eigenvalue weighted by atomic mass is 9.65. The number of hydrogen-bond donors (Lipinski definition) is 0. The molecule has 0 bridgehead atoms. The van der Waals surface area contributed by atoms with Gasteiger partial charge in [-0.15, -0.1) is 22.7 Å². The number of unbranched alkanes of at least 4 members (excludes halogenated alkanes) is 32. The van der Waals surface area contributed by atoms with Crippen LogP contribution in [0.1, 0.15) is 422 Å². The number of ketones is 2. The van der Waals surface area contributed by atoms with Crippen molar-refractivity contribution in [3.8, 4) is 76.9 Å². The minimum Gasteiger partial charge on any atom is -0.493 e. The van der Waals surface area contributed by atoms with Crippen LogP contribution in [-0.4, -0.2) is 38.0 Å². The third-order valence-corrected chi connectivity index (χ3v) is 33.8. The quantitative estimate of drug-likeness (QED) is 0.0121. The Kier molecular flexibility index (Phi) is 41.2. The number of thiophene rings is 2. The van der Waals surface area contributed by atoms with Crippen molar-refractivity contribution in [3.63, 3.8) is 0 Å². The Morgan fingerprint density at radius 3 is 1.03 bits per heavy atom. The van der Waals surface area contributed by atoms with Crippen molar-refractivity contribution in [2.24, 2.45) is 5.92 Å². The van der Waals surface area contributed by atoms with E-state index in [1.54, 1.807) is 28.7 Å². The van der Waals surface area contributed by atoms with Crippen LogP contribution in [0.4, 0.5) is 17.6 Å². The van der Waals surface area contributed by atoms with E-state index in [4.69, 9.17) is 32.1 Å². The predicted molar refractivity (Wildman–Crippen MR) is 609 cm³/mol. The van der Waals surface area contributed by atoms with Gasteiger partial charge in [-0.3, -0.25) is 9.59 Å². The molecule has 0 amide bonds. The van der Waals surface area contributed by atoms with Gasteiger partial charge in [0.2, 0.25) is 0 Å². The Morgan fingerprint density at radius 1 is 0.340 bits per heavy atom. The number of nitriles is 2. The topological polar surface area (TPSA) is 127 Å². The summed E-state index contributed by atoms with van der Waals surface area (Å²) in [4.78, 5) is 41.7. The molecule has 16 heteroatoms. The lowest BCUT2D eigenvalue weighted by Gasteiger charge is -2.36. The molecule has 0 fully saturated rings. The molecule has 0 aliphatic heterocycles. The van der Waals surface area contributed by atoms with E-state index in [-0.39, 0.29) is 51.1 Å². The molecule has 15 rings (SSSR count). The van der Waals surface area contributed by atoms with Crippen molar-refractivity contribution in [3.05, 3.63) is 333 Å². The van der Waals surface area contributed by atoms with Crippen LogP contribution in [0.5, 0.6) is 23.0 Å². The first-order valence-electron chi connectivity index (χ1n) is 57.0. The zero-order valence-corrected chi connectivity index (χ0v) is 91.7. The standard InChI is InChI=1S/C134H152F4N4O6S2/c1-11-19-27-35-39-47-71-145-121-85-107(123(147-73-49-41-37-29-21-13-3)77-95(121)75-109-127(119(89-139)141-9)101-81-115(135)117(137)83-103(101)129(109)143)125-87-113-131(149-125)105-79-112-106(80-111(105)133(113,97-63-55-91(56-64-97)51-43-31-23-15-5)98-65-57-92(58-66-98)52-44-32-24-16-6)132-114(134(112,99-67-59-93(60-68-99)53-45-33-25-17-7)100-69-61-94(62-70-100)54-46-34-26-18-8)88-126(150-132)108-86-122(146-72-48-40-36-28-20-12-2)96(78-124(108)148-74-50-42-38-30-22-14-4)76-110-128(120(90-140)142-10)102-82-116(136)118(138)84-104(102)130(110)144/h55-70,75,77-88,110H,11-54,71-74,76H2,1-8H3/b109-75-,127-119-,128-120+. The number of nitrogens with zero attached hydrogens (tertiary/aromatic N) is 4. The summed E-state index contributed by atoms with van der Waals surface area (Å²) < 4.78 is 91.6. The molecule has 1 unspecified atom stereocenters. The summed E-state index contributed by atoms with van der Waals surface area (Å²) in [6, 6.07) is 64.0. The maximum absolute atomic E-state index is 15.7. The Hall–Kier alpha value is -12.2. The van der Waals surface area contributed by atoms with Gasteiger partial charge in [0, 0.05) is 64.4 Å². The molecule has 784 valence electrons. The lowest BCUT2D eigenvalue weighted by Crippen LogP contribution is -2.30. The molecule has 1 atom stereocenters. The van der Waals surface area contributed by atoms with E-state index in [0.29, 0.717) is 60.6 Å². The van der Waals surface area contributed by atoms with Gasteiger partial charge in [0.25, 0.3) is 11.4 Å². The molecule has 0 spiro atoms. The van der Waals surface area contributed by atoms with Crippen LogP contribution in [0.25, 0.3) is 68.7 Å². The van der Waals surface area contributed by atoms with Crippen LogP contribution in [0.3, 0.4) is 0 Å². The highest BCUT2D eigenvalue weighted by Gasteiger charge is 2.54. The molecular formula is C134H152F4N4O6S2. The van der Waals surface area contributed by atoms with E-state index in [2.05, 4.69) is 199 Å². The number of allylic oxidation sites excluding steroid dienone is 5. The summed E-state index contributed by atoms with van der Waals surface area (Å²) in [5, 5.41) is 21.5. The summed E-state index contributed by atoms with van der Waals surface area (Å²) in [7, 11) is 0. The smallest absolute Gasteiger partial charge is 0.270 e. The van der Waals surface area contributed by atoms with E-state index in [1.165, 1.54) is 22.3 Å². The van der Waals surface area contributed by atoms with Crippen LogP contribution in [0, 0.1) is 65.0 Å². The third kappa shape index (κ3) is 25.4. The highest BCUT2D eigenvalue weighted by molar-refractivity contribution is 7.19. The third-order valence-electron chi connectivity index (χ3n) is 31.4. The average molecular weight is 2050 g/mol. The van der Waals surface area contributed by atoms with Gasteiger partial charge >= 0.3 is 0 Å². The summed E-state index contributed by atoms with van der Waals surface area (Å²) in [5.41, 5.74) is 15.7. The zero-order valence-electron chi connectivity index (χ0n) is 90.0. The lowest BCUT2D eigenvalue weighted by molar-refractivity contribution is 0.0956. The number of Topliss-reactive ketones (excluding diaryl/α,β-unsaturated/α-hetero) is 2. The van der Waals surface area contributed by atoms with Crippen molar-refractivity contribution in [1.29, 1.82) is 10.5 Å². The van der Waals surface area contributed by atoms with Crippen LogP contribution in [0.2, 0.25) is 0 Å². The second-order valence-electron chi connectivity index (χ2n) is 42.1. The number of halogens is 4. The monoisotopic (exact) mass is 2050 g/mol. The Balaban J connectivity index is 1.03. The number of aryl methyl sites for hydroxylation is 4. The van der Waals surface area contributed by atoms with Gasteiger partial charge in [-0.2, -0.15) is 0 Å². The largest absolute Gasteiger partial charge is 0.493 e. The molecule has 9 aromatic carbocycles. The molecule has 0 N–H and O–H groups in total. The minimum atomic E-state index is -1.22. The molecule has 0 saturated carbocycles. The average Bonchev–Trinajstić information content (AvgIpc) is 1.50. The minimum absolute atomic E-state index is 0.0282. The predicted octanol–water partition coefficient (Wildman–Crippen LogP) is 38.5. The summed E-state index contributed by atoms with van der Waals surface area (Å²) in [5.74, 6) is -5.08. The number of benzene rings is 9. The fraction of sp³-hybridized carbons (Fsp3) is 0.448. The Morgan fingerprint density at radius 2 is 0.660 bits per heavy atom. The van der Waals surface area contributed by atoms with Crippen LogP contribution < -0.4 is 18.9 Å². The van der Waals surface area contributed by atoms with Crippen molar-refractivity contribution < 1.29 is 46.1 Å². The second-order valence-corrected chi connectivity index (χ2v) is 44.2. The van der Waals surface area contributed by atoms with E-state index in [1.807, 2.05) is 24.3 Å². The van der Waals surface area contributed by atoms with Gasteiger partial charge in [-0.1, -0.05) is 358 Å². The number of hydrogen-bond acceptors (Lipinski definition) is 10. The van der Waals surface area contributed by atoms with Gasteiger partial charge in [0.05, 0.1) is 62.5 Å². The number of fused-ring (bicyclic) bond motifs is 8. The van der Waals surface area contributed by atoms with Gasteiger partial charge < -0.3 is 18.9 Å².